The first-order valence-corrected chi connectivity index (χ1v) is 23.6. The maximum atomic E-state index is 13.9. The second kappa shape index (κ2) is 17.9. The molecule has 0 radical (unpaired) electrons. The first-order valence-electron chi connectivity index (χ1n) is 23.2. The van der Waals surface area contributed by atoms with Crippen molar-refractivity contribution in [2.75, 3.05) is 20.1 Å². The molecule has 0 saturated heterocycles. The van der Waals surface area contributed by atoms with Gasteiger partial charge in [-0.3, -0.25) is 29.3 Å². The van der Waals surface area contributed by atoms with E-state index < -0.39 is 17.1 Å². The van der Waals surface area contributed by atoms with Gasteiger partial charge in [0.1, 0.15) is 17.8 Å². The first-order chi connectivity index (χ1) is 28.6. The molecule has 5 saturated carbocycles. The van der Waals surface area contributed by atoms with Crippen LogP contribution in [0.1, 0.15) is 142 Å². The van der Waals surface area contributed by atoms with Gasteiger partial charge in [-0.15, -0.1) is 0 Å². The van der Waals surface area contributed by atoms with Crippen LogP contribution in [0.4, 0.5) is 0 Å². The van der Waals surface area contributed by atoms with E-state index >= 15 is 0 Å². The molecule has 6 N–H and O–H groups in total. The number of aldehydes is 1. The molecule has 7 rings (SSSR count). The van der Waals surface area contributed by atoms with Crippen LogP contribution in [0.5, 0.6) is 0 Å². The number of ketones is 2. The highest BCUT2D eigenvalue weighted by Crippen LogP contribution is 2.74. The molecule has 1 aromatic carbocycles. The molecule has 1 aromatic rings. The number of likely N-dealkylation sites (N-methyl/N-ethyl adjacent to an activating group) is 1. The summed E-state index contributed by atoms with van der Waals surface area (Å²) in [6.07, 6.45) is 11.4. The molecule has 338 valence electrons. The maximum absolute atomic E-state index is 13.9. The zero-order valence-electron chi connectivity index (χ0n) is 38.1. The van der Waals surface area contributed by atoms with Crippen LogP contribution in [0, 0.1) is 74.9 Å². The van der Waals surface area contributed by atoms with Crippen LogP contribution in [0.3, 0.4) is 0 Å². The third-order valence-corrected chi connectivity index (χ3v) is 18.3. The van der Waals surface area contributed by atoms with Gasteiger partial charge in [0.25, 0.3) is 0 Å². The fourth-order valence-electron chi connectivity index (χ4n) is 14.7. The number of halogens is 1. The maximum Gasteiger partial charge on any atom is 0.306 e. The van der Waals surface area contributed by atoms with Crippen molar-refractivity contribution in [3.8, 4) is 0 Å². The van der Waals surface area contributed by atoms with Crippen LogP contribution in [0.25, 0.3) is 0 Å². The Morgan fingerprint density at radius 2 is 1.64 bits per heavy atom. The number of amides is 1. The Balaban J connectivity index is 0.000000613. The number of carboxylic acid groups (broad SMARTS) is 1. The van der Waals surface area contributed by atoms with Crippen molar-refractivity contribution in [1.29, 1.82) is 0 Å². The van der Waals surface area contributed by atoms with E-state index in [-0.39, 0.29) is 70.4 Å². The minimum absolute atomic E-state index is 0.0178. The van der Waals surface area contributed by atoms with Gasteiger partial charge >= 0.3 is 5.97 Å². The number of carbonyl (C=O) groups excluding carboxylic acids is 4. The number of aliphatic carboxylic acids is 1. The fraction of sp³-hybridized carbons (Fsp3) is 0.740. The molecule has 6 aliphatic rings. The van der Waals surface area contributed by atoms with E-state index in [1.807, 2.05) is 6.92 Å². The van der Waals surface area contributed by atoms with Crippen molar-refractivity contribution in [1.82, 2.24) is 10.6 Å². The SMILES string of the molecule is CNC(O)(CCN)CNC(=O)CC12CCC3C(CCC4C3(C)CCC3C(C)(C)C(CC(=O)C5CC(C(=O)O)C5C)CCC34C)C1=C(C(C)C)C(=O)C2.O=Cc1ccc(Cl)cc1. The third-order valence-electron chi connectivity index (χ3n) is 18.0. The fourth-order valence-corrected chi connectivity index (χ4v) is 14.8. The third kappa shape index (κ3) is 8.70. The van der Waals surface area contributed by atoms with E-state index in [2.05, 4.69) is 52.2 Å². The molecule has 1 amide bonds. The predicted molar refractivity (Wildman–Crippen MR) is 238 cm³/mol. The molecule has 12 unspecified atom stereocenters. The van der Waals surface area contributed by atoms with Gasteiger partial charge in [-0.1, -0.05) is 77.8 Å². The lowest BCUT2D eigenvalue weighted by atomic mass is 9.35. The van der Waals surface area contributed by atoms with Gasteiger partial charge in [-0.05, 0) is 147 Å². The van der Waals surface area contributed by atoms with Crippen LogP contribution < -0.4 is 16.4 Å². The molecule has 0 bridgehead atoms. The van der Waals surface area contributed by atoms with E-state index in [1.54, 1.807) is 31.3 Å². The molecule has 10 nitrogen and oxygen atoms in total. The number of nitrogens with two attached hydrogens (primary N) is 1. The number of hydrogen-bond acceptors (Lipinski definition) is 8. The van der Waals surface area contributed by atoms with Crippen molar-refractivity contribution < 1.29 is 34.2 Å². The van der Waals surface area contributed by atoms with E-state index in [0.717, 1.165) is 63.2 Å². The molecule has 0 spiro atoms. The van der Waals surface area contributed by atoms with Gasteiger partial charge in [0.15, 0.2) is 5.78 Å². The van der Waals surface area contributed by atoms with E-state index in [4.69, 9.17) is 17.3 Å². The van der Waals surface area contributed by atoms with Crippen molar-refractivity contribution in [2.24, 2.45) is 80.7 Å². The summed E-state index contributed by atoms with van der Waals surface area (Å²) < 4.78 is 0. The van der Waals surface area contributed by atoms with Crippen molar-refractivity contribution in [3.63, 3.8) is 0 Å². The number of rotatable bonds is 13. The van der Waals surface area contributed by atoms with Crippen molar-refractivity contribution in [2.45, 2.75) is 138 Å². The summed E-state index contributed by atoms with van der Waals surface area (Å²) in [5, 5.41) is 26.9. The standard InChI is InChI=1S/C43H69N3O6.C7H5ClO/c1-24(2)36-32(48)21-42(22-35(49)46-23-43(52,45-8)17-18-44)16-12-30-27(37(36)42)9-10-34-40(30,6)15-13-33-39(4,5)26(11-14-41(33,34)7)19-31(47)28-20-29(25(28)3)38(50)51;8-7-3-1-6(5-9)2-4-7/h24-30,33-34,45,52H,9-23,44H2,1-8H3,(H,46,49)(H,50,51);1-5H. The van der Waals surface area contributed by atoms with E-state index in [0.29, 0.717) is 72.4 Å². The highest BCUT2D eigenvalue weighted by atomic mass is 35.5. The first kappa shape index (κ1) is 47.6. The Labute approximate surface area is 369 Å². The van der Waals surface area contributed by atoms with Crippen molar-refractivity contribution in [3.05, 3.63) is 46.0 Å². The Bertz CT molecular complexity index is 1880. The molecule has 0 heterocycles. The van der Waals surface area contributed by atoms with E-state index in [9.17, 15) is 34.2 Å². The average molecular weight is 865 g/mol. The lowest BCUT2D eigenvalue weighted by Gasteiger charge is -2.69. The van der Waals surface area contributed by atoms with Gasteiger partial charge < -0.3 is 21.3 Å². The topological polar surface area (TPSA) is 176 Å². The summed E-state index contributed by atoms with van der Waals surface area (Å²) in [4.78, 5) is 62.8. The number of carboxylic acids is 1. The van der Waals surface area contributed by atoms with Gasteiger partial charge in [-0.25, -0.2) is 0 Å². The lowest BCUT2D eigenvalue weighted by Crippen LogP contribution is -2.62. The Hall–Kier alpha value is -2.92. The molecular weight excluding hydrogens is 790 g/mol. The summed E-state index contributed by atoms with van der Waals surface area (Å²) in [6, 6.07) is 6.72. The van der Waals surface area contributed by atoms with Gasteiger partial charge in [0, 0.05) is 47.6 Å². The van der Waals surface area contributed by atoms with Crippen LogP contribution in [0.2, 0.25) is 5.02 Å². The molecule has 6 aliphatic carbocycles. The number of fused-ring (bicyclic) bond motifs is 7. The molecule has 11 heteroatoms. The van der Waals surface area contributed by atoms with Gasteiger partial charge in [0.05, 0.1) is 12.5 Å². The number of aliphatic hydroxyl groups is 1. The second-order valence-electron chi connectivity index (χ2n) is 21.7. The molecule has 0 aliphatic heterocycles. The molecule has 61 heavy (non-hydrogen) atoms. The number of allylic oxidation sites excluding steroid dienone is 2. The number of hydrogen-bond donors (Lipinski definition) is 5. The number of carbonyl (C=O) groups is 5. The zero-order chi connectivity index (χ0) is 44.9. The normalized spacial score (nSPS) is 37.1. The summed E-state index contributed by atoms with van der Waals surface area (Å²) in [6.45, 7) is 16.6. The highest BCUT2D eigenvalue weighted by molar-refractivity contribution is 6.30. The van der Waals surface area contributed by atoms with Crippen molar-refractivity contribution >= 4 is 41.3 Å². The average Bonchev–Trinajstić information content (AvgIpc) is 3.49. The quantitative estimate of drug-likeness (QED) is 0.0963. The monoisotopic (exact) mass is 864 g/mol. The predicted octanol–water partition coefficient (Wildman–Crippen LogP) is 8.42. The van der Waals surface area contributed by atoms with E-state index in [1.165, 1.54) is 5.57 Å². The van der Waals surface area contributed by atoms with Gasteiger partial charge in [-0.2, -0.15) is 0 Å². The summed E-state index contributed by atoms with van der Waals surface area (Å²) in [5.74, 6) is 1.34. The second-order valence-corrected chi connectivity index (χ2v) is 22.1. The van der Waals surface area contributed by atoms with Crippen LogP contribution >= 0.6 is 11.6 Å². The summed E-state index contributed by atoms with van der Waals surface area (Å²) >= 11 is 5.55. The van der Waals surface area contributed by atoms with Crippen LogP contribution in [-0.4, -0.2) is 65.8 Å². The zero-order valence-corrected chi connectivity index (χ0v) is 38.8. The van der Waals surface area contributed by atoms with Crippen LogP contribution in [0.15, 0.2) is 35.4 Å². The molecular formula is C50H74ClN3O7. The highest BCUT2D eigenvalue weighted by Gasteiger charge is 2.66. The Morgan fingerprint density at radius 1 is 0.967 bits per heavy atom. The van der Waals surface area contributed by atoms with Gasteiger partial charge in [0.2, 0.25) is 5.91 Å². The molecule has 12 atom stereocenters. The minimum atomic E-state index is -1.26. The minimum Gasteiger partial charge on any atom is -0.481 e. The molecule has 0 aromatic heterocycles. The Morgan fingerprint density at radius 3 is 2.23 bits per heavy atom. The molecule has 5 fully saturated rings. The smallest absolute Gasteiger partial charge is 0.306 e. The number of benzene rings is 1. The van der Waals surface area contributed by atoms with Crippen LogP contribution in [-0.2, 0) is 19.2 Å². The summed E-state index contributed by atoms with van der Waals surface area (Å²) in [5.41, 5.74) is 7.27. The largest absolute Gasteiger partial charge is 0.481 e. The number of Topliss-reactive ketones (excluding diaryl/α,β-unsaturated/α-hetero) is 2. The number of nitrogens with one attached hydrogen (secondary N) is 2. The Kier molecular flexibility index (Phi) is 14.0. The summed E-state index contributed by atoms with van der Waals surface area (Å²) in [7, 11) is 1.67. The lowest BCUT2D eigenvalue weighted by molar-refractivity contribution is -0.193.